The van der Waals surface area contributed by atoms with Gasteiger partial charge >= 0.3 is 0 Å². The minimum atomic E-state index is -0.507. The van der Waals surface area contributed by atoms with E-state index >= 15 is 0 Å². The lowest BCUT2D eigenvalue weighted by atomic mass is 10.1. The Morgan fingerprint density at radius 1 is 0.933 bits per heavy atom. The molecular weight excluding hydrogens is 422 g/mol. The number of aromatic nitrogens is 1. The Balaban J connectivity index is 1.67. The van der Waals surface area contributed by atoms with E-state index in [4.69, 9.17) is 11.6 Å². The highest BCUT2D eigenvalue weighted by atomic mass is 35.5. The largest absolute Gasteiger partial charge is 0.298 e. The first-order valence-corrected chi connectivity index (χ1v) is 10.1. The van der Waals surface area contributed by atoms with Crippen LogP contribution in [0.1, 0.15) is 10.4 Å². The topological polar surface area (TPSA) is 85.1 Å². The predicted octanol–water partition coefficient (Wildman–Crippen LogP) is 6.29. The van der Waals surface area contributed by atoms with Gasteiger partial charge in [-0.05, 0) is 29.8 Å². The zero-order valence-electron chi connectivity index (χ0n) is 15.4. The summed E-state index contributed by atoms with van der Waals surface area (Å²) >= 11 is 7.37. The molecule has 0 saturated carbocycles. The normalized spacial score (nSPS) is 10.6. The molecule has 8 heteroatoms. The van der Waals surface area contributed by atoms with Crippen molar-refractivity contribution < 1.29 is 9.72 Å². The molecule has 1 aromatic heterocycles. The fourth-order valence-electron chi connectivity index (χ4n) is 2.87. The zero-order valence-corrected chi connectivity index (χ0v) is 17.0. The molecule has 1 amide bonds. The average molecular weight is 436 g/mol. The van der Waals surface area contributed by atoms with E-state index in [-0.39, 0.29) is 11.6 Å². The number of thiazole rings is 1. The second kappa shape index (κ2) is 8.44. The van der Waals surface area contributed by atoms with Crippen molar-refractivity contribution in [3.63, 3.8) is 0 Å². The zero-order chi connectivity index (χ0) is 21.1. The lowest BCUT2D eigenvalue weighted by Gasteiger charge is -2.02. The number of amides is 1. The Kier molecular flexibility index (Phi) is 5.56. The summed E-state index contributed by atoms with van der Waals surface area (Å²) in [5.74, 6) is -0.388. The average Bonchev–Trinajstić information content (AvgIpc) is 3.18. The van der Waals surface area contributed by atoms with E-state index in [1.54, 1.807) is 12.1 Å². The molecule has 0 aliphatic heterocycles. The van der Waals surface area contributed by atoms with Crippen molar-refractivity contribution in [3.8, 4) is 21.7 Å². The summed E-state index contributed by atoms with van der Waals surface area (Å²) in [6.45, 7) is 0. The van der Waals surface area contributed by atoms with Gasteiger partial charge in [-0.25, -0.2) is 4.98 Å². The van der Waals surface area contributed by atoms with E-state index < -0.39 is 4.92 Å². The first-order valence-electron chi connectivity index (χ1n) is 8.89. The molecule has 0 bridgehead atoms. The summed E-state index contributed by atoms with van der Waals surface area (Å²) in [5.41, 5.74) is 2.84. The van der Waals surface area contributed by atoms with Crippen LogP contribution in [0.25, 0.3) is 21.7 Å². The van der Waals surface area contributed by atoms with Gasteiger partial charge in [0, 0.05) is 28.3 Å². The summed E-state index contributed by atoms with van der Waals surface area (Å²) in [5, 5.41) is 14.6. The van der Waals surface area contributed by atoms with Crippen LogP contribution in [0.15, 0.2) is 78.9 Å². The SMILES string of the molecule is O=C(Nc1nc(-c2ccc(Cl)cc2)c(-c2ccccc2)s1)c1ccc([N+](=O)[O-])cc1. The Morgan fingerprint density at radius 3 is 2.23 bits per heavy atom. The number of halogens is 1. The number of rotatable bonds is 5. The molecule has 4 aromatic rings. The third-order valence-electron chi connectivity index (χ3n) is 4.34. The number of anilines is 1. The molecular formula is C22H14ClN3O3S. The van der Waals surface area contributed by atoms with Gasteiger partial charge in [0.05, 0.1) is 15.5 Å². The van der Waals surface area contributed by atoms with Crippen molar-refractivity contribution >= 4 is 39.7 Å². The monoisotopic (exact) mass is 435 g/mol. The second-order valence-electron chi connectivity index (χ2n) is 6.33. The van der Waals surface area contributed by atoms with Gasteiger partial charge in [0.2, 0.25) is 0 Å². The van der Waals surface area contributed by atoms with Gasteiger partial charge in [0.25, 0.3) is 11.6 Å². The van der Waals surface area contributed by atoms with Crippen LogP contribution in [0, 0.1) is 10.1 Å². The van der Waals surface area contributed by atoms with Crippen molar-refractivity contribution in [1.29, 1.82) is 0 Å². The summed E-state index contributed by atoms with van der Waals surface area (Å²) in [7, 11) is 0. The maximum Gasteiger partial charge on any atom is 0.269 e. The van der Waals surface area contributed by atoms with Crippen LogP contribution in [-0.2, 0) is 0 Å². The van der Waals surface area contributed by atoms with E-state index in [2.05, 4.69) is 10.3 Å². The molecule has 1 heterocycles. The number of nitro benzene ring substituents is 1. The highest BCUT2D eigenvalue weighted by Crippen LogP contribution is 2.39. The molecule has 0 spiro atoms. The van der Waals surface area contributed by atoms with Crippen molar-refractivity contribution in [2.75, 3.05) is 5.32 Å². The van der Waals surface area contributed by atoms with Gasteiger partial charge in [-0.15, -0.1) is 0 Å². The number of nitro groups is 1. The van der Waals surface area contributed by atoms with Gasteiger partial charge in [-0.1, -0.05) is 65.4 Å². The first kappa shape index (κ1) is 19.8. The minimum absolute atomic E-state index is 0.0720. The lowest BCUT2D eigenvalue weighted by molar-refractivity contribution is -0.384. The van der Waals surface area contributed by atoms with Crippen LogP contribution in [-0.4, -0.2) is 15.8 Å². The van der Waals surface area contributed by atoms with E-state index in [9.17, 15) is 14.9 Å². The maximum atomic E-state index is 12.6. The molecule has 148 valence electrons. The molecule has 0 atom stereocenters. The summed E-state index contributed by atoms with van der Waals surface area (Å²) in [6, 6.07) is 22.5. The molecule has 30 heavy (non-hydrogen) atoms. The number of carbonyl (C=O) groups excluding carboxylic acids is 1. The number of nitrogens with one attached hydrogen (secondary N) is 1. The van der Waals surface area contributed by atoms with Crippen LogP contribution >= 0.6 is 22.9 Å². The molecule has 0 fully saturated rings. The molecule has 3 aromatic carbocycles. The Hall–Kier alpha value is -3.55. The summed E-state index contributed by atoms with van der Waals surface area (Å²) in [4.78, 5) is 28.4. The number of nitrogens with zero attached hydrogens (tertiary/aromatic N) is 2. The molecule has 1 N–H and O–H groups in total. The number of hydrogen-bond donors (Lipinski definition) is 1. The second-order valence-corrected chi connectivity index (χ2v) is 7.76. The number of non-ortho nitro benzene ring substituents is 1. The summed E-state index contributed by atoms with van der Waals surface area (Å²) < 4.78 is 0. The van der Waals surface area contributed by atoms with Gasteiger partial charge in [-0.2, -0.15) is 0 Å². The van der Waals surface area contributed by atoms with Crippen molar-refractivity contribution in [1.82, 2.24) is 4.98 Å². The van der Waals surface area contributed by atoms with Crippen molar-refractivity contribution in [3.05, 3.63) is 99.6 Å². The van der Waals surface area contributed by atoms with Gasteiger partial charge in [-0.3, -0.25) is 20.2 Å². The predicted molar refractivity (Wildman–Crippen MR) is 119 cm³/mol. The molecule has 0 aliphatic carbocycles. The van der Waals surface area contributed by atoms with Crippen LogP contribution in [0.2, 0.25) is 5.02 Å². The van der Waals surface area contributed by atoms with Crippen LogP contribution in [0.5, 0.6) is 0 Å². The van der Waals surface area contributed by atoms with Gasteiger partial charge in [0.15, 0.2) is 5.13 Å². The molecule has 6 nitrogen and oxygen atoms in total. The first-order chi connectivity index (χ1) is 14.5. The van der Waals surface area contributed by atoms with Crippen LogP contribution in [0.3, 0.4) is 0 Å². The molecule has 0 unspecified atom stereocenters. The van der Waals surface area contributed by atoms with Crippen LogP contribution in [0.4, 0.5) is 10.8 Å². The molecule has 0 aliphatic rings. The standard InChI is InChI=1S/C22H14ClN3O3S/c23-17-10-6-14(7-11-17)19-20(15-4-2-1-3-5-15)30-22(24-19)25-21(27)16-8-12-18(13-9-16)26(28)29/h1-13H,(H,24,25,27). The third-order valence-corrected chi connectivity index (χ3v) is 5.61. The van der Waals surface area contributed by atoms with Crippen molar-refractivity contribution in [2.45, 2.75) is 0 Å². The van der Waals surface area contributed by atoms with E-state index in [0.717, 1.165) is 21.7 Å². The Morgan fingerprint density at radius 2 is 1.60 bits per heavy atom. The van der Waals surface area contributed by atoms with Crippen molar-refractivity contribution in [2.24, 2.45) is 0 Å². The van der Waals surface area contributed by atoms with E-state index in [1.165, 1.54) is 35.6 Å². The van der Waals surface area contributed by atoms with E-state index in [1.807, 2.05) is 42.5 Å². The molecule has 0 radical (unpaired) electrons. The van der Waals surface area contributed by atoms with E-state index in [0.29, 0.717) is 15.7 Å². The Bertz CT molecular complexity index is 1210. The fraction of sp³-hybridized carbons (Fsp3) is 0. The molecule has 4 rings (SSSR count). The Labute approximate surface area is 180 Å². The molecule has 0 saturated heterocycles. The number of carbonyl (C=O) groups is 1. The highest BCUT2D eigenvalue weighted by Gasteiger charge is 2.17. The lowest BCUT2D eigenvalue weighted by Crippen LogP contribution is -2.11. The van der Waals surface area contributed by atoms with Gasteiger partial charge in [0.1, 0.15) is 0 Å². The fourth-order valence-corrected chi connectivity index (χ4v) is 3.98. The van der Waals surface area contributed by atoms with Gasteiger partial charge < -0.3 is 0 Å². The maximum absolute atomic E-state index is 12.6. The minimum Gasteiger partial charge on any atom is -0.298 e. The van der Waals surface area contributed by atoms with Crippen LogP contribution < -0.4 is 5.32 Å². The number of benzene rings is 3. The highest BCUT2D eigenvalue weighted by molar-refractivity contribution is 7.19. The number of hydrogen-bond acceptors (Lipinski definition) is 5. The smallest absolute Gasteiger partial charge is 0.269 e. The third kappa shape index (κ3) is 4.22. The quantitative estimate of drug-likeness (QED) is 0.295. The summed E-state index contributed by atoms with van der Waals surface area (Å²) in [6.07, 6.45) is 0.